The second-order valence-electron chi connectivity index (χ2n) is 5.30. The van der Waals surface area contributed by atoms with Crippen LogP contribution in [0.3, 0.4) is 0 Å². The lowest BCUT2D eigenvalue weighted by Gasteiger charge is -2.22. The van der Waals surface area contributed by atoms with E-state index in [-0.39, 0.29) is 11.5 Å². The molecule has 16 heavy (non-hydrogen) atoms. The SMILES string of the molecule is CC(C)(C)CC(O)CNCc1cncnc1. The minimum absolute atomic E-state index is 0.164. The van der Waals surface area contributed by atoms with Gasteiger partial charge in [0, 0.05) is 31.0 Å². The number of hydrogen-bond donors (Lipinski definition) is 2. The van der Waals surface area contributed by atoms with Crippen LogP contribution in [0.25, 0.3) is 0 Å². The summed E-state index contributed by atoms with van der Waals surface area (Å²) in [5, 5.41) is 13.0. The second-order valence-corrected chi connectivity index (χ2v) is 5.30. The van der Waals surface area contributed by atoms with Crippen molar-refractivity contribution in [3.63, 3.8) is 0 Å². The molecule has 0 saturated carbocycles. The number of nitrogens with zero attached hydrogens (tertiary/aromatic N) is 2. The quantitative estimate of drug-likeness (QED) is 0.791. The van der Waals surface area contributed by atoms with Crippen LogP contribution >= 0.6 is 0 Å². The van der Waals surface area contributed by atoms with Gasteiger partial charge in [-0.15, -0.1) is 0 Å². The standard InChI is InChI=1S/C12H21N3O/c1-12(2,3)4-11(16)8-13-5-10-6-14-9-15-7-10/h6-7,9,11,13,16H,4-5,8H2,1-3H3. The summed E-state index contributed by atoms with van der Waals surface area (Å²) in [7, 11) is 0. The van der Waals surface area contributed by atoms with Gasteiger partial charge in [0.05, 0.1) is 6.10 Å². The maximum Gasteiger partial charge on any atom is 0.115 e. The van der Waals surface area contributed by atoms with Crippen LogP contribution in [0.1, 0.15) is 32.8 Å². The number of hydrogen-bond acceptors (Lipinski definition) is 4. The summed E-state index contributed by atoms with van der Waals surface area (Å²) in [6, 6.07) is 0. The Bertz CT molecular complexity index is 295. The first-order chi connectivity index (χ1) is 7.47. The minimum atomic E-state index is -0.301. The van der Waals surface area contributed by atoms with Gasteiger partial charge >= 0.3 is 0 Å². The highest BCUT2D eigenvalue weighted by Gasteiger charge is 2.15. The molecule has 1 aromatic heterocycles. The average Bonchev–Trinajstić information content (AvgIpc) is 2.16. The molecule has 1 rings (SSSR count). The van der Waals surface area contributed by atoms with E-state index in [4.69, 9.17) is 0 Å². The van der Waals surface area contributed by atoms with Crippen molar-refractivity contribution >= 4 is 0 Å². The van der Waals surface area contributed by atoms with Gasteiger partial charge in [0.15, 0.2) is 0 Å². The lowest BCUT2D eigenvalue weighted by molar-refractivity contribution is 0.119. The van der Waals surface area contributed by atoms with Crippen molar-refractivity contribution in [3.8, 4) is 0 Å². The lowest BCUT2D eigenvalue weighted by atomic mass is 9.89. The summed E-state index contributed by atoms with van der Waals surface area (Å²) >= 11 is 0. The number of rotatable bonds is 5. The zero-order valence-corrected chi connectivity index (χ0v) is 10.3. The predicted octanol–water partition coefficient (Wildman–Crippen LogP) is 1.36. The Hall–Kier alpha value is -1.00. The number of aromatic nitrogens is 2. The largest absolute Gasteiger partial charge is 0.392 e. The van der Waals surface area contributed by atoms with E-state index in [1.807, 2.05) is 0 Å². The molecule has 1 unspecified atom stereocenters. The van der Waals surface area contributed by atoms with Gasteiger partial charge in [-0.05, 0) is 11.8 Å². The molecule has 90 valence electrons. The van der Waals surface area contributed by atoms with Crippen molar-refractivity contribution in [3.05, 3.63) is 24.3 Å². The minimum Gasteiger partial charge on any atom is -0.392 e. The first-order valence-electron chi connectivity index (χ1n) is 5.60. The summed E-state index contributed by atoms with van der Waals surface area (Å²) in [6.07, 6.45) is 5.56. The molecule has 0 aliphatic heterocycles. The van der Waals surface area contributed by atoms with E-state index in [1.165, 1.54) is 6.33 Å². The van der Waals surface area contributed by atoms with Gasteiger partial charge in [-0.25, -0.2) is 9.97 Å². The zero-order valence-electron chi connectivity index (χ0n) is 10.3. The van der Waals surface area contributed by atoms with Crippen LogP contribution in [0.15, 0.2) is 18.7 Å². The normalized spacial score (nSPS) is 13.8. The molecule has 0 aliphatic rings. The smallest absolute Gasteiger partial charge is 0.115 e. The molecule has 0 spiro atoms. The molecule has 4 nitrogen and oxygen atoms in total. The van der Waals surface area contributed by atoms with Crippen molar-refractivity contribution in [1.29, 1.82) is 0 Å². The van der Waals surface area contributed by atoms with Crippen molar-refractivity contribution in [2.75, 3.05) is 6.54 Å². The molecule has 1 aromatic rings. The molecule has 0 saturated heterocycles. The van der Waals surface area contributed by atoms with E-state index in [2.05, 4.69) is 36.1 Å². The van der Waals surface area contributed by atoms with Crippen molar-refractivity contribution in [2.24, 2.45) is 5.41 Å². The van der Waals surface area contributed by atoms with Crippen LogP contribution in [0.4, 0.5) is 0 Å². The first kappa shape index (κ1) is 13.1. The fourth-order valence-corrected chi connectivity index (χ4v) is 1.58. The molecule has 0 fully saturated rings. The number of aliphatic hydroxyl groups excluding tert-OH is 1. The third-order valence-corrected chi connectivity index (χ3v) is 2.17. The van der Waals surface area contributed by atoms with Gasteiger partial charge in [-0.1, -0.05) is 20.8 Å². The molecule has 2 N–H and O–H groups in total. The van der Waals surface area contributed by atoms with Crippen LogP contribution in [-0.2, 0) is 6.54 Å². The number of nitrogens with one attached hydrogen (secondary N) is 1. The fraction of sp³-hybridized carbons (Fsp3) is 0.667. The Kier molecular flexibility index (Phi) is 4.83. The maximum atomic E-state index is 9.77. The fourth-order valence-electron chi connectivity index (χ4n) is 1.58. The molecule has 0 amide bonds. The van der Waals surface area contributed by atoms with Gasteiger partial charge in [0.25, 0.3) is 0 Å². The van der Waals surface area contributed by atoms with E-state index in [0.29, 0.717) is 13.1 Å². The van der Waals surface area contributed by atoms with Crippen LogP contribution in [-0.4, -0.2) is 27.7 Å². The van der Waals surface area contributed by atoms with E-state index in [0.717, 1.165) is 12.0 Å². The molecule has 0 radical (unpaired) electrons. The van der Waals surface area contributed by atoms with E-state index >= 15 is 0 Å². The Morgan fingerprint density at radius 3 is 2.50 bits per heavy atom. The Morgan fingerprint density at radius 2 is 1.94 bits per heavy atom. The first-order valence-corrected chi connectivity index (χ1v) is 5.60. The Morgan fingerprint density at radius 1 is 1.31 bits per heavy atom. The molecule has 0 aromatic carbocycles. The summed E-state index contributed by atoms with van der Waals surface area (Å²) in [6.45, 7) is 7.68. The van der Waals surface area contributed by atoms with Gasteiger partial charge in [-0.3, -0.25) is 0 Å². The molecule has 0 bridgehead atoms. The monoisotopic (exact) mass is 223 g/mol. The van der Waals surface area contributed by atoms with Crippen LogP contribution in [0, 0.1) is 5.41 Å². The van der Waals surface area contributed by atoms with Gasteiger partial charge in [0.2, 0.25) is 0 Å². The predicted molar refractivity (Wildman–Crippen MR) is 63.8 cm³/mol. The van der Waals surface area contributed by atoms with Gasteiger partial charge in [-0.2, -0.15) is 0 Å². The highest BCUT2D eigenvalue weighted by molar-refractivity contribution is 5.01. The summed E-state index contributed by atoms with van der Waals surface area (Å²) < 4.78 is 0. The third kappa shape index (κ3) is 5.78. The second kappa shape index (κ2) is 5.92. The molecular formula is C12H21N3O. The lowest BCUT2D eigenvalue weighted by Crippen LogP contribution is -2.29. The Labute approximate surface area is 97.1 Å². The Balaban J connectivity index is 2.21. The molecule has 0 aliphatic carbocycles. The van der Waals surface area contributed by atoms with E-state index < -0.39 is 0 Å². The topological polar surface area (TPSA) is 58.0 Å². The maximum absolute atomic E-state index is 9.77. The highest BCUT2D eigenvalue weighted by Crippen LogP contribution is 2.20. The van der Waals surface area contributed by atoms with Gasteiger partial charge in [0.1, 0.15) is 6.33 Å². The molecule has 4 heteroatoms. The van der Waals surface area contributed by atoms with Crippen LogP contribution < -0.4 is 5.32 Å². The summed E-state index contributed by atoms with van der Waals surface area (Å²) in [4.78, 5) is 7.86. The van der Waals surface area contributed by atoms with Crippen LogP contribution in [0.5, 0.6) is 0 Å². The van der Waals surface area contributed by atoms with E-state index in [9.17, 15) is 5.11 Å². The molecule has 1 atom stereocenters. The molecular weight excluding hydrogens is 202 g/mol. The van der Waals surface area contributed by atoms with Crippen LogP contribution in [0.2, 0.25) is 0 Å². The summed E-state index contributed by atoms with van der Waals surface area (Å²) in [5.41, 5.74) is 1.20. The molecule has 1 heterocycles. The summed E-state index contributed by atoms with van der Waals surface area (Å²) in [5.74, 6) is 0. The van der Waals surface area contributed by atoms with Crippen molar-refractivity contribution in [1.82, 2.24) is 15.3 Å². The van der Waals surface area contributed by atoms with E-state index in [1.54, 1.807) is 12.4 Å². The number of aliphatic hydroxyl groups is 1. The third-order valence-electron chi connectivity index (χ3n) is 2.17. The average molecular weight is 223 g/mol. The zero-order chi connectivity index (χ0) is 12.0. The van der Waals surface area contributed by atoms with Gasteiger partial charge < -0.3 is 10.4 Å². The highest BCUT2D eigenvalue weighted by atomic mass is 16.3. The van der Waals surface area contributed by atoms with Crippen molar-refractivity contribution in [2.45, 2.75) is 39.8 Å². The van der Waals surface area contributed by atoms with Crippen molar-refractivity contribution < 1.29 is 5.11 Å².